The van der Waals surface area contributed by atoms with E-state index < -0.39 is 5.54 Å². The molecule has 19 heavy (non-hydrogen) atoms. The van der Waals surface area contributed by atoms with E-state index in [0.29, 0.717) is 11.1 Å². The Morgan fingerprint density at radius 1 is 1.53 bits per heavy atom. The molecule has 1 aliphatic rings. The molecule has 102 valence electrons. The zero-order chi connectivity index (χ0) is 13.7. The third kappa shape index (κ3) is 3.45. The van der Waals surface area contributed by atoms with Crippen molar-refractivity contribution in [3.8, 4) is 6.07 Å². The number of nitrogens with one attached hydrogen (secondary N) is 1. The van der Waals surface area contributed by atoms with Crippen LogP contribution in [0.5, 0.6) is 0 Å². The summed E-state index contributed by atoms with van der Waals surface area (Å²) in [7, 11) is 0. The Bertz CT molecular complexity index is 490. The topological polar surface area (TPSA) is 118 Å². The van der Waals surface area contributed by atoms with E-state index in [9.17, 15) is 4.79 Å². The molecule has 1 fully saturated rings. The number of carbonyl (C=O) groups is 1. The summed E-state index contributed by atoms with van der Waals surface area (Å²) in [4.78, 5) is 11.8. The van der Waals surface area contributed by atoms with E-state index in [-0.39, 0.29) is 18.2 Å². The molecule has 3 N–H and O–H groups in total. The molecule has 1 aliphatic carbocycles. The van der Waals surface area contributed by atoms with Gasteiger partial charge in [-0.15, -0.1) is 10.2 Å². The zero-order valence-corrected chi connectivity index (χ0v) is 11.2. The molecule has 0 saturated heterocycles. The van der Waals surface area contributed by atoms with Crippen LogP contribution in [0.1, 0.15) is 31.6 Å². The van der Waals surface area contributed by atoms with Crippen molar-refractivity contribution in [2.24, 2.45) is 5.73 Å². The lowest BCUT2D eigenvalue weighted by Gasteiger charge is -2.21. The van der Waals surface area contributed by atoms with Crippen LogP contribution in [0.25, 0.3) is 0 Å². The van der Waals surface area contributed by atoms with Crippen LogP contribution < -0.4 is 11.1 Å². The van der Waals surface area contributed by atoms with Gasteiger partial charge >= 0.3 is 0 Å². The summed E-state index contributed by atoms with van der Waals surface area (Å²) in [5, 5.41) is 19.7. The van der Waals surface area contributed by atoms with Crippen LogP contribution in [-0.4, -0.2) is 27.4 Å². The Hall–Kier alpha value is -1.59. The standard InChI is InChI=1S/C11H15N5O2S/c12-5-9-15-16-10(18-9)19-6-8(17)14-11(7-13)3-1-2-4-11/h1-6,12H2,(H,14,17). The van der Waals surface area contributed by atoms with Crippen LogP contribution in [0.3, 0.4) is 0 Å². The lowest BCUT2D eigenvalue weighted by Crippen LogP contribution is -2.45. The van der Waals surface area contributed by atoms with Gasteiger partial charge in [-0.3, -0.25) is 4.79 Å². The highest BCUT2D eigenvalue weighted by Crippen LogP contribution is 2.29. The molecule has 1 aromatic rings. The maximum atomic E-state index is 11.8. The van der Waals surface area contributed by atoms with Crippen LogP contribution >= 0.6 is 11.8 Å². The average Bonchev–Trinajstić information content (AvgIpc) is 3.05. The van der Waals surface area contributed by atoms with Gasteiger partial charge < -0.3 is 15.5 Å². The van der Waals surface area contributed by atoms with E-state index in [1.807, 2.05) is 0 Å². The van der Waals surface area contributed by atoms with Crippen molar-refractivity contribution in [3.63, 3.8) is 0 Å². The van der Waals surface area contributed by atoms with Crippen molar-refractivity contribution in [3.05, 3.63) is 5.89 Å². The number of thioether (sulfide) groups is 1. The largest absolute Gasteiger partial charge is 0.415 e. The number of aromatic nitrogens is 2. The Labute approximate surface area is 114 Å². The summed E-state index contributed by atoms with van der Waals surface area (Å²) in [5.41, 5.74) is 4.66. The summed E-state index contributed by atoms with van der Waals surface area (Å²) in [6, 6.07) is 2.21. The Balaban J connectivity index is 1.83. The quantitative estimate of drug-likeness (QED) is 0.757. The summed E-state index contributed by atoms with van der Waals surface area (Å²) < 4.78 is 5.18. The molecule has 0 radical (unpaired) electrons. The van der Waals surface area contributed by atoms with Gasteiger partial charge in [0.25, 0.3) is 5.22 Å². The Morgan fingerprint density at radius 3 is 2.84 bits per heavy atom. The van der Waals surface area contributed by atoms with E-state index in [2.05, 4.69) is 21.6 Å². The fourth-order valence-corrected chi connectivity index (χ4v) is 2.63. The molecule has 1 saturated carbocycles. The summed E-state index contributed by atoms with van der Waals surface area (Å²) >= 11 is 1.14. The first-order valence-electron chi connectivity index (χ1n) is 6.05. The first-order chi connectivity index (χ1) is 9.17. The minimum atomic E-state index is -0.686. The number of carbonyl (C=O) groups excluding carboxylic acids is 1. The normalized spacial score (nSPS) is 17.1. The van der Waals surface area contributed by atoms with Crippen LogP contribution in [0.2, 0.25) is 0 Å². The van der Waals surface area contributed by atoms with Gasteiger partial charge in [0.15, 0.2) is 0 Å². The molecule has 0 atom stereocenters. The monoisotopic (exact) mass is 281 g/mol. The van der Waals surface area contributed by atoms with Crippen molar-refractivity contribution in [1.82, 2.24) is 15.5 Å². The predicted octanol–water partition coefficient (Wildman–Crippen LogP) is 0.573. The van der Waals surface area contributed by atoms with Crippen molar-refractivity contribution >= 4 is 17.7 Å². The van der Waals surface area contributed by atoms with Gasteiger partial charge in [-0.1, -0.05) is 11.8 Å². The SMILES string of the molecule is N#CC1(NC(=O)CSc2nnc(CN)o2)CCCC1. The van der Waals surface area contributed by atoms with Crippen LogP contribution in [0, 0.1) is 11.3 Å². The first-order valence-corrected chi connectivity index (χ1v) is 7.03. The third-order valence-electron chi connectivity index (χ3n) is 3.00. The second-order valence-electron chi connectivity index (χ2n) is 4.40. The maximum Gasteiger partial charge on any atom is 0.277 e. The average molecular weight is 281 g/mol. The molecule has 1 heterocycles. The molecular weight excluding hydrogens is 266 g/mol. The number of nitrogens with zero attached hydrogens (tertiary/aromatic N) is 3. The second-order valence-corrected chi connectivity index (χ2v) is 5.33. The fraction of sp³-hybridized carbons (Fsp3) is 0.636. The molecule has 1 amide bonds. The van der Waals surface area contributed by atoms with Gasteiger partial charge in [0.1, 0.15) is 5.54 Å². The molecule has 0 aliphatic heterocycles. The number of nitrogens with two attached hydrogens (primary N) is 1. The van der Waals surface area contributed by atoms with Gasteiger partial charge in [-0.2, -0.15) is 5.26 Å². The molecule has 0 aromatic carbocycles. The number of amides is 1. The minimum Gasteiger partial charge on any atom is -0.415 e. The molecule has 2 rings (SSSR count). The third-order valence-corrected chi connectivity index (χ3v) is 3.82. The lowest BCUT2D eigenvalue weighted by atomic mass is 10.0. The van der Waals surface area contributed by atoms with Crippen LogP contribution in [0.15, 0.2) is 9.64 Å². The van der Waals surface area contributed by atoms with Crippen molar-refractivity contribution in [2.75, 3.05) is 5.75 Å². The zero-order valence-electron chi connectivity index (χ0n) is 10.4. The molecule has 8 heteroatoms. The van der Waals surface area contributed by atoms with Crippen LogP contribution in [-0.2, 0) is 11.3 Å². The van der Waals surface area contributed by atoms with E-state index in [0.717, 1.165) is 37.4 Å². The van der Waals surface area contributed by atoms with Gasteiger partial charge in [-0.25, -0.2) is 0 Å². The second kappa shape index (κ2) is 6.04. The molecular formula is C11H15N5O2S. The summed E-state index contributed by atoms with van der Waals surface area (Å²) in [6.07, 6.45) is 3.39. The van der Waals surface area contributed by atoms with Crippen molar-refractivity contribution in [2.45, 2.75) is 43.0 Å². The highest BCUT2D eigenvalue weighted by atomic mass is 32.2. The molecule has 1 aromatic heterocycles. The van der Waals surface area contributed by atoms with Crippen molar-refractivity contribution < 1.29 is 9.21 Å². The molecule has 0 bridgehead atoms. The summed E-state index contributed by atoms with van der Waals surface area (Å²) in [5.74, 6) is 0.295. The number of hydrogen-bond acceptors (Lipinski definition) is 7. The van der Waals surface area contributed by atoms with Crippen molar-refractivity contribution in [1.29, 1.82) is 5.26 Å². The van der Waals surface area contributed by atoms with E-state index >= 15 is 0 Å². The van der Waals surface area contributed by atoms with Gasteiger partial charge in [0, 0.05) is 0 Å². The molecule has 0 spiro atoms. The van der Waals surface area contributed by atoms with Gasteiger partial charge in [0.2, 0.25) is 11.8 Å². The van der Waals surface area contributed by atoms with E-state index in [1.54, 1.807) is 0 Å². The number of nitriles is 1. The fourth-order valence-electron chi connectivity index (χ4n) is 2.05. The maximum absolute atomic E-state index is 11.8. The number of hydrogen-bond donors (Lipinski definition) is 2. The molecule has 7 nitrogen and oxygen atoms in total. The van der Waals surface area contributed by atoms with Gasteiger partial charge in [-0.05, 0) is 25.7 Å². The Kier molecular flexibility index (Phi) is 4.39. The number of rotatable bonds is 5. The molecule has 0 unspecified atom stereocenters. The predicted molar refractivity (Wildman–Crippen MR) is 67.9 cm³/mol. The Morgan fingerprint density at radius 2 is 2.26 bits per heavy atom. The highest BCUT2D eigenvalue weighted by molar-refractivity contribution is 7.99. The lowest BCUT2D eigenvalue weighted by molar-refractivity contribution is -0.119. The van der Waals surface area contributed by atoms with E-state index in [4.69, 9.17) is 15.4 Å². The van der Waals surface area contributed by atoms with Gasteiger partial charge in [0.05, 0.1) is 18.4 Å². The highest BCUT2D eigenvalue weighted by Gasteiger charge is 2.35. The minimum absolute atomic E-state index is 0.148. The van der Waals surface area contributed by atoms with Crippen LogP contribution in [0.4, 0.5) is 0 Å². The smallest absolute Gasteiger partial charge is 0.277 e. The summed E-state index contributed by atoms with van der Waals surface area (Å²) in [6.45, 7) is 0.178. The first kappa shape index (κ1) is 13.8. The van der Waals surface area contributed by atoms with E-state index in [1.165, 1.54) is 0 Å².